The van der Waals surface area contributed by atoms with Gasteiger partial charge in [0.05, 0.1) is 0 Å². The summed E-state index contributed by atoms with van der Waals surface area (Å²) >= 11 is 0. The number of rotatable bonds is 7. The molecule has 0 N–H and O–H groups in total. The van der Waals surface area contributed by atoms with E-state index in [1.807, 2.05) is 55.4 Å². The molecule has 0 aromatic rings. The molecule has 44 heavy (non-hydrogen) atoms. The summed E-state index contributed by atoms with van der Waals surface area (Å²) < 4.78 is 0. The van der Waals surface area contributed by atoms with Gasteiger partial charge in [0.2, 0.25) is 0 Å². The molecule has 0 heterocycles. The van der Waals surface area contributed by atoms with Crippen molar-refractivity contribution in [3.63, 3.8) is 0 Å². The van der Waals surface area contributed by atoms with Gasteiger partial charge in [-0.15, -0.1) is 24.2 Å². The third kappa shape index (κ3) is 33.7. The molecule has 3 atom stereocenters. The Labute approximate surface area is 284 Å². The Morgan fingerprint density at radius 1 is 0.864 bits per heavy atom. The van der Waals surface area contributed by atoms with Crippen molar-refractivity contribution in [3.8, 4) is 11.8 Å². The van der Waals surface area contributed by atoms with E-state index in [9.17, 15) is 0 Å². The average Bonchev–Trinajstić information content (AvgIpc) is 3.01. The Morgan fingerprint density at radius 3 is 1.52 bits per heavy atom. The summed E-state index contributed by atoms with van der Waals surface area (Å²) in [6, 6.07) is 0. The maximum atomic E-state index is 4.07. The van der Waals surface area contributed by atoms with Crippen LogP contribution in [0, 0.1) is 58.7 Å². The van der Waals surface area contributed by atoms with Crippen LogP contribution >= 0.6 is 0 Å². The van der Waals surface area contributed by atoms with Gasteiger partial charge in [-0.25, -0.2) is 0 Å². The molecule has 2 saturated carbocycles. The van der Waals surface area contributed by atoms with Crippen LogP contribution < -0.4 is 0 Å². The van der Waals surface area contributed by atoms with E-state index in [0.717, 1.165) is 29.6 Å². The van der Waals surface area contributed by atoms with Crippen molar-refractivity contribution in [1.82, 2.24) is 0 Å². The van der Waals surface area contributed by atoms with E-state index in [-0.39, 0.29) is 7.43 Å². The third-order valence-electron chi connectivity index (χ3n) is 8.87. The minimum atomic E-state index is 0. The minimum absolute atomic E-state index is 0. The summed E-state index contributed by atoms with van der Waals surface area (Å²) in [5.41, 5.74) is 4.58. The van der Waals surface area contributed by atoms with Crippen molar-refractivity contribution in [2.24, 2.45) is 46.8 Å². The first kappa shape index (κ1) is 55.2. The lowest BCUT2D eigenvalue weighted by atomic mass is 9.68. The van der Waals surface area contributed by atoms with E-state index in [4.69, 9.17) is 0 Å². The van der Waals surface area contributed by atoms with Crippen LogP contribution in [0.5, 0.6) is 0 Å². The largest absolute Gasteiger partial charge is 0.130 e. The molecule has 0 nitrogen and oxygen atoms in total. The fraction of sp³-hybridized carbons (Fsp3) is 0.841. The summed E-state index contributed by atoms with van der Waals surface area (Å²) in [6.07, 6.45) is 16.5. The lowest BCUT2D eigenvalue weighted by Gasteiger charge is -2.37. The second-order valence-electron chi connectivity index (χ2n) is 13.4. The monoisotopic (exact) mass is 619 g/mol. The summed E-state index contributed by atoms with van der Waals surface area (Å²) in [5, 5.41) is 0. The Bertz CT molecular complexity index is 657. The zero-order valence-electron chi connectivity index (χ0n) is 33.6. The van der Waals surface area contributed by atoms with Gasteiger partial charge in [0.25, 0.3) is 0 Å². The Kier molecular flexibility index (Phi) is 47.7. The Morgan fingerprint density at radius 2 is 1.32 bits per heavy atom. The molecule has 2 rings (SSSR count). The Hall–Kier alpha value is -1.18. The fourth-order valence-corrected chi connectivity index (χ4v) is 4.85. The number of allylic oxidation sites excluding steroid dienone is 2. The molecule has 0 aliphatic heterocycles. The van der Waals surface area contributed by atoms with Crippen molar-refractivity contribution in [3.05, 3.63) is 30.5 Å². The van der Waals surface area contributed by atoms with Crippen LogP contribution in [0.1, 0.15) is 196 Å². The van der Waals surface area contributed by atoms with E-state index in [2.05, 4.69) is 106 Å². The highest BCUT2D eigenvalue weighted by Gasteiger charge is 2.30. The minimum Gasteiger partial charge on any atom is -0.130 e. The third-order valence-corrected chi connectivity index (χ3v) is 8.87. The zero-order chi connectivity index (χ0) is 35.0. The van der Waals surface area contributed by atoms with Crippen LogP contribution in [0.4, 0.5) is 0 Å². The lowest BCUT2D eigenvalue weighted by molar-refractivity contribution is 0.153. The van der Waals surface area contributed by atoms with Crippen LogP contribution in [0.3, 0.4) is 0 Å². The van der Waals surface area contributed by atoms with Crippen molar-refractivity contribution in [1.29, 1.82) is 0 Å². The van der Waals surface area contributed by atoms with Gasteiger partial charge in [0.15, 0.2) is 0 Å². The molecule has 0 bridgehead atoms. The summed E-state index contributed by atoms with van der Waals surface area (Å²) in [6.45, 7) is 45.9. The molecule has 0 heteroatoms. The van der Waals surface area contributed by atoms with Gasteiger partial charge >= 0.3 is 0 Å². The van der Waals surface area contributed by atoms with Crippen molar-refractivity contribution in [2.45, 2.75) is 196 Å². The molecule has 0 amide bonds. The molecule has 0 aromatic carbocycles. The molecular formula is C44H90. The van der Waals surface area contributed by atoms with Gasteiger partial charge in [0, 0.05) is 5.92 Å². The first-order chi connectivity index (χ1) is 20.3. The summed E-state index contributed by atoms with van der Waals surface area (Å²) in [7, 11) is 0. The fourth-order valence-electron chi connectivity index (χ4n) is 4.85. The molecule has 2 fully saturated rings. The second kappa shape index (κ2) is 38.0. The van der Waals surface area contributed by atoms with E-state index in [1.54, 1.807) is 0 Å². The van der Waals surface area contributed by atoms with E-state index in [1.165, 1.54) is 69.8 Å². The first-order valence-corrected chi connectivity index (χ1v) is 18.7. The predicted octanol–water partition coefficient (Wildman–Crippen LogP) is 16.0. The lowest BCUT2D eigenvalue weighted by Crippen LogP contribution is -2.26. The Balaban J connectivity index is -0.000000108. The number of hydrogen-bond acceptors (Lipinski definition) is 0. The molecule has 3 unspecified atom stereocenters. The number of hydrogen-bond donors (Lipinski definition) is 0. The van der Waals surface area contributed by atoms with Crippen LogP contribution in [0.2, 0.25) is 0 Å². The van der Waals surface area contributed by atoms with Crippen LogP contribution in [-0.4, -0.2) is 0 Å². The SMILES string of the molecule is C.C=C=C(C)C(C)C.C=CC(CC1CC(C)C1)C1CCCCC1.CC.CC.CC.CC#CC(C)CC.CCC(C)C(C)(C)C. The van der Waals surface area contributed by atoms with Crippen molar-refractivity contribution >= 4 is 0 Å². The van der Waals surface area contributed by atoms with Crippen LogP contribution in [0.15, 0.2) is 30.5 Å². The predicted molar refractivity (Wildman–Crippen MR) is 213 cm³/mol. The standard InChI is InChI=1S/C15H26.C8H18.2C7H12.3C2H6.CH4/c1-3-14(11-13-9-12(2)10-13)15-7-5-4-6-8-15;1-6-7(2)8(3,4)5;1-5-7(4)6(2)3;1-4-6-7(3)5-2;3*1-2;/h3,12-15H,1,4-11H2,2H3;7H,6H2,1-5H3;6H,1H2,2-4H3;7H,5H2,1-3H3;3*1-2H3;1H4. The van der Waals surface area contributed by atoms with Crippen LogP contribution in [-0.2, 0) is 0 Å². The average molecular weight is 619 g/mol. The van der Waals surface area contributed by atoms with Gasteiger partial charge in [-0.3, -0.25) is 0 Å². The highest BCUT2D eigenvalue weighted by Crippen LogP contribution is 2.41. The van der Waals surface area contributed by atoms with E-state index < -0.39 is 0 Å². The van der Waals surface area contributed by atoms with E-state index in [0.29, 0.717) is 17.3 Å². The normalized spacial score (nSPS) is 18.3. The first-order valence-electron chi connectivity index (χ1n) is 18.7. The molecule has 2 aliphatic carbocycles. The highest BCUT2D eigenvalue weighted by molar-refractivity contribution is 4.98. The van der Waals surface area contributed by atoms with Crippen LogP contribution in [0.25, 0.3) is 0 Å². The van der Waals surface area contributed by atoms with E-state index >= 15 is 0 Å². The summed E-state index contributed by atoms with van der Waals surface area (Å²) in [4.78, 5) is 0. The van der Waals surface area contributed by atoms with Gasteiger partial charge < -0.3 is 0 Å². The maximum absolute atomic E-state index is 4.07. The molecule has 2 aliphatic rings. The van der Waals surface area contributed by atoms with Crippen molar-refractivity contribution < 1.29 is 0 Å². The molecule has 0 saturated heterocycles. The second-order valence-corrected chi connectivity index (χ2v) is 13.4. The molecule has 0 radical (unpaired) electrons. The van der Waals surface area contributed by atoms with Gasteiger partial charge in [-0.2, -0.15) is 0 Å². The van der Waals surface area contributed by atoms with Gasteiger partial charge in [-0.1, -0.05) is 157 Å². The smallest absolute Gasteiger partial charge is 0.0171 e. The van der Waals surface area contributed by atoms with Gasteiger partial charge in [-0.05, 0) is 98.9 Å². The summed E-state index contributed by atoms with van der Waals surface area (Å²) in [5.74, 6) is 11.8. The topological polar surface area (TPSA) is 0 Å². The zero-order valence-corrected chi connectivity index (χ0v) is 33.6. The highest BCUT2D eigenvalue weighted by atomic mass is 14.4. The molecular weight excluding hydrogens is 528 g/mol. The molecule has 0 aromatic heterocycles. The maximum Gasteiger partial charge on any atom is 0.0171 e. The molecule has 0 spiro atoms. The molecule has 266 valence electrons. The van der Waals surface area contributed by atoms with Crippen molar-refractivity contribution in [2.75, 3.05) is 0 Å². The quantitative estimate of drug-likeness (QED) is 0.151. The van der Waals surface area contributed by atoms with Gasteiger partial charge in [0.1, 0.15) is 0 Å².